The molecule has 9 nitrogen and oxygen atoms in total. The molecule has 1 aromatic heterocycles. The summed E-state index contributed by atoms with van der Waals surface area (Å²) in [5, 5.41) is 5.88. The molecule has 5 rings (SSSR count). The van der Waals surface area contributed by atoms with Crippen molar-refractivity contribution in [2.75, 3.05) is 39.4 Å². The molecule has 196 valence electrons. The standard InChI is InChI=1S/C26H30FN5O4S/c1-4-35-26(34)22-19(12-31-9-10-36-21-14-32(16(3)33)13-20(21)31)29-24(25-28-8-11-37-25)30-23(22)17-6-5-7-18(27)15(17)2/h5-8,11,20-21,23H,4,9-10,12-14H2,1-3H3,(H,29,30)/t20-,21+,23?/m0/s1. The van der Waals surface area contributed by atoms with Crippen LogP contribution in [0.25, 0.3) is 0 Å². The minimum Gasteiger partial charge on any atom is -0.463 e. The number of likely N-dealkylation sites (tertiary alicyclic amines) is 1. The van der Waals surface area contributed by atoms with E-state index in [1.807, 2.05) is 5.38 Å². The van der Waals surface area contributed by atoms with Gasteiger partial charge in [0.15, 0.2) is 10.8 Å². The zero-order valence-corrected chi connectivity index (χ0v) is 21.9. The number of hydrogen-bond donors (Lipinski definition) is 1. The van der Waals surface area contributed by atoms with Crippen LogP contribution in [0.2, 0.25) is 0 Å². The Hall–Kier alpha value is -3.15. The SMILES string of the molecule is CCOC(=O)C1=C(CN2CCO[C@@H]3CN(C(C)=O)C[C@@H]32)NC(c2nccs2)=NC1c1cccc(F)c1C. The zero-order chi connectivity index (χ0) is 26.1. The Morgan fingerprint density at radius 2 is 2.16 bits per heavy atom. The lowest BCUT2D eigenvalue weighted by Crippen LogP contribution is -2.53. The third kappa shape index (κ3) is 5.03. The molecule has 11 heteroatoms. The minimum atomic E-state index is -0.765. The van der Waals surface area contributed by atoms with E-state index in [1.165, 1.54) is 17.4 Å². The smallest absolute Gasteiger partial charge is 0.338 e. The highest BCUT2D eigenvalue weighted by atomic mass is 32.1. The van der Waals surface area contributed by atoms with Crippen molar-refractivity contribution in [1.82, 2.24) is 20.1 Å². The van der Waals surface area contributed by atoms with Gasteiger partial charge in [-0.05, 0) is 31.0 Å². The number of morpholine rings is 1. The first-order chi connectivity index (χ1) is 17.9. The summed E-state index contributed by atoms with van der Waals surface area (Å²) in [5.41, 5.74) is 2.01. The number of amides is 1. The number of benzene rings is 1. The molecule has 1 unspecified atom stereocenters. The third-order valence-corrected chi connectivity index (χ3v) is 7.86. The molecular formula is C26H30FN5O4S. The summed E-state index contributed by atoms with van der Waals surface area (Å²) in [7, 11) is 0. The molecule has 0 bridgehead atoms. The van der Waals surface area contributed by atoms with Crippen molar-refractivity contribution in [3.63, 3.8) is 0 Å². The van der Waals surface area contributed by atoms with Gasteiger partial charge in [-0.1, -0.05) is 12.1 Å². The zero-order valence-electron chi connectivity index (χ0n) is 21.1. The highest BCUT2D eigenvalue weighted by Gasteiger charge is 2.42. The van der Waals surface area contributed by atoms with Crippen LogP contribution in [0.1, 0.15) is 36.0 Å². The van der Waals surface area contributed by atoms with Gasteiger partial charge in [-0.2, -0.15) is 0 Å². The number of nitrogens with zero attached hydrogens (tertiary/aromatic N) is 4. The molecule has 0 saturated carbocycles. The van der Waals surface area contributed by atoms with Crippen LogP contribution in [0.4, 0.5) is 4.39 Å². The molecule has 3 atom stereocenters. The van der Waals surface area contributed by atoms with Crippen LogP contribution < -0.4 is 5.32 Å². The summed E-state index contributed by atoms with van der Waals surface area (Å²) in [6, 6.07) is 4.04. The Labute approximate surface area is 219 Å². The molecule has 4 heterocycles. The average Bonchev–Trinajstić information content (AvgIpc) is 3.56. The highest BCUT2D eigenvalue weighted by molar-refractivity contribution is 7.11. The van der Waals surface area contributed by atoms with Gasteiger partial charge in [-0.25, -0.2) is 14.2 Å². The van der Waals surface area contributed by atoms with E-state index in [-0.39, 0.29) is 30.5 Å². The molecule has 1 amide bonds. The van der Waals surface area contributed by atoms with Crippen LogP contribution in [-0.2, 0) is 19.1 Å². The largest absolute Gasteiger partial charge is 0.463 e. The Bertz CT molecular complexity index is 1250. The molecule has 2 aromatic rings. The van der Waals surface area contributed by atoms with E-state index >= 15 is 0 Å². The molecule has 0 aliphatic carbocycles. The first-order valence-electron chi connectivity index (χ1n) is 12.4. The fourth-order valence-electron chi connectivity index (χ4n) is 5.18. The van der Waals surface area contributed by atoms with Crippen molar-refractivity contribution in [3.05, 3.63) is 63.0 Å². The minimum absolute atomic E-state index is 0.00747. The fraction of sp³-hybridized carbons (Fsp3) is 0.462. The number of aromatic nitrogens is 1. The maximum absolute atomic E-state index is 14.6. The lowest BCUT2D eigenvalue weighted by molar-refractivity contribution is -0.139. The quantitative estimate of drug-likeness (QED) is 0.577. The van der Waals surface area contributed by atoms with Gasteiger partial charge in [0.25, 0.3) is 0 Å². The summed E-state index contributed by atoms with van der Waals surface area (Å²) in [4.78, 5) is 38.8. The van der Waals surface area contributed by atoms with E-state index in [4.69, 9.17) is 14.5 Å². The van der Waals surface area contributed by atoms with Crippen molar-refractivity contribution in [3.8, 4) is 0 Å². The van der Waals surface area contributed by atoms with Crippen LogP contribution in [0, 0.1) is 12.7 Å². The number of rotatable bonds is 6. The number of hydrogen-bond acceptors (Lipinski definition) is 9. The second-order valence-corrected chi connectivity index (χ2v) is 10.2. The normalized spacial score (nSPS) is 23.9. The predicted molar refractivity (Wildman–Crippen MR) is 137 cm³/mol. The number of thiazole rings is 1. The number of aliphatic imine (C=N–C) groups is 1. The van der Waals surface area contributed by atoms with E-state index in [0.717, 1.165) is 0 Å². The van der Waals surface area contributed by atoms with Crippen LogP contribution >= 0.6 is 11.3 Å². The molecule has 3 aliphatic heterocycles. The van der Waals surface area contributed by atoms with E-state index < -0.39 is 12.0 Å². The first-order valence-corrected chi connectivity index (χ1v) is 13.3. The predicted octanol–water partition coefficient (Wildman–Crippen LogP) is 2.43. The Balaban J connectivity index is 1.58. The van der Waals surface area contributed by atoms with Gasteiger partial charge in [0.2, 0.25) is 5.91 Å². The molecule has 2 fully saturated rings. The molecule has 0 spiro atoms. The van der Waals surface area contributed by atoms with Crippen molar-refractivity contribution >= 4 is 29.0 Å². The van der Waals surface area contributed by atoms with Crippen molar-refractivity contribution < 1.29 is 23.5 Å². The van der Waals surface area contributed by atoms with Crippen molar-refractivity contribution in [2.24, 2.45) is 4.99 Å². The summed E-state index contributed by atoms with van der Waals surface area (Å²) in [6.07, 6.45) is 1.60. The summed E-state index contributed by atoms with van der Waals surface area (Å²) in [6.45, 7) is 7.86. The Morgan fingerprint density at radius 3 is 2.89 bits per heavy atom. The van der Waals surface area contributed by atoms with Gasteiger partial charge in [-0.3, -0.25) is 14.7 Å². The summed E-state index contributed by atoms with van der Waals surface area (Å²) >= 11 is 1.43. The topological polar surface area (TPSA) is 96.4 Å². The molecule has 37 heavy (non-hydrogen) atoms. The van der Waals surface area contributed by atoms with E-state index in [2.05, 4.69) is 15.2 Å². The number of carbonyl (C=O) groups is 2. The fourth-order valence-corrected chi connectivity index (χ4v) is 5.77. The average molecular weight is 528 g/mol. The highest BCUT2D eigenvalue weighted by Crippen LogP contribution is 2.36. The molecule has 1 aromatic carbocycles. The van der Waals surface area contributed by atoms with Crippen LogP contribution in [0.5, 0.6) is 0 Å². The van der Waals surface area contributed by atoms with Gasteiger partial charge in [-0.15, -0.1) is 11.3 Å². The summed E-state index contributed by atoms with van der Waals surface area (Å²) < 4.78 is 26.1. The molecular weight excluding hydrogens is 497 g/mol. The lowest BCUT2D eigenvalue weighted by atomic mass is 9.92. The maximum Gasteiger partial charge on any atom is 0.338 e. The second kappa shape index (κ2) is 10.7. The molecule has 1 N–H and O–H groups in total. The first kappa shape index (κ1) is 25.5. The van der Waals surface area contributed by atoms with E-state index in [0.29, 0.717) is 66.0 Å². The summed E-state index contributed by atoms with van der Waals surface area (Å²) in [5.74, 6) is -0.325. The van der Waals surface area contributed by atoms with Gasteiger partial charge < -0.3 is 19.7 Å². The monoisotopic (exact) mass is 527 g/mol. The van der Waals surface area contributed by atoms with E-state index in [1.54, 1.807) is 44.0 Å². The second-order valence-electron chi connectivity index (χ2n) is 9.28. The van der Waals surface area contributed by atoms with Crippen LogP contribution in [0.15, 0.2) is 46.0 Å². The Kier molecular flexibility index (Phi) is 7.36. The van der Waals surface area contributed by atoms with Crippen LogP contribution in [-0.4, -0.2) is 84.0 Å². The van der Waals surface area contributed by atoms with Gasteiger partial charge in [0.1, 0.15) is 11.9 Å². The van der Waals surface area contributed by atoms with Gasteiger partial charge in [0, 0.05) is 50.4 Å². The number of ether oxygens (including phenoxy) is 2. The van der Waals surface area contributed by atoms with E-state index in [9.17, 15) is 14.0 Å². The van der Waals surface area contributed by atoms with Crippen molar-refractivity contribution in [2.45, 2.75) is 39.0 Å². The number of carbonyl (C=O) groups excluding carboxylic acids is 2. The number of amidine groups is 1. The van der Waals surface area contributed by atoms with Gasteiger partial charge >= 0.3 is 5.97 Å². The Morgan fingerprint density at radius 1 is 1.32 bits per heavy atom. The molecule has 2 saturated heterocycles. The lowest BCUT2D eigenvalue weighted by Gasteiger charge is -2.38. The van der Waals surface area contributed by atoms with Crippen LogP contribution in [0.3, 0.4) is 0 Å². The maximum atomic E-state index is 14.6. The van der Waals surface area contributed by atoms with Crippen molar-refractivity contribution in [1.29, 1.82) is 0 Å². The molecule has 3 aliphatic rings. The number of esters is 1. The number of halogens is 1. The molecule has 0 radical (unpaired) electrons. The number of nitrogens with one attached hydrogen (secondary N) is 1. The number of fused-ring (bicyclic) bond motifs is 1. The third-order valence-electron chi connectivity index (χ3n) is 7.08. The van der Waals surface area contributed by atoms with Gasteiger partial charge in [0.05, 0.1) is 30.9 Å².